The third-order valence-corrected chi connectivity index (χ3v) is 3.02. The molecule has 0 saturated carbocycles. The lowest BCUT2D eigenvalue weighted by atomic mass is 10.3. The van der Waals surface area contributed by atoms with Gasteiger partial charge in [0.15, 0.2) is 5.16 Å². The molecule has 0 aliphatic carbocycles. The Balaban J connectivity index is 2.96. The quantitative estimate of drug-likeness (QED) is 0.491. The second-order valence-electron chi connectivity index (χ2n) is 3.63. The molecule has 0 spiro atoms. The number of carbonyl (C=O) groups excluding carboxylic acids is 1. The molecule has 1 aromatic rings. The minimum atomic E-state index is -0.0520. The first-order valence-electron chi connectivity index (χ1n) is 5.64. The summed E-state index contributed by atoms with van der Waals surface area (Å²) in [4.78, 5) is 21.8. The van der Waals surface area contributed by atoms with Crippen LogP contribution in [-0.2, 0) is 4.79 Å². The van der Waals surface area contributed by atoms with Gasteiger partial charge in [0.2, 0.25) is 5.91 Å². The van der Waals surface area contributed by atoms with Crippen molar-refractivity contribution >= 4 is 35.1 Å². The number of anilines is 1. The van der Waals surface area contributed by atoms with Gasteiger partial charge in [-0.2, -0.15) is 0 Å². The number of hydrogen-bond donors (Lipinski definition) is 1. The minimum absolute atomic E-state index is 0.0520. The zero-order valence-corrected chi connectivity index (χ0v) is 12.3. The zero-order chi connectivity index (χ0) is 13.5. The predicted molar refractivity (Wildman–Crippen MR) is 75.4 cm³/mol. The molecule has 0 atom stereocenters. The number of aromatic nitrogens is 2. The van der Waals surface area contributed by atoms with Gasteiger partial charge in [-0.25, -0.2) is 9.97 Å². The second kappa shape index (κ2) is 7.43. The van der Waals surface area contributed by atoms with Gasteiger partial charge in [0.25, 0.3) is 0 Å². The molecule has 0 unspecified atom stereocenters. The van der Waals surface area contributed by atoms with E-state index in [4.69, 9.17) is 11.6 Å². The SMILES string of the molecule is CCCN(CC(=O)NC)c1cc(Cl)nc(SC)n1. The van der Waals surface area contributed by atoms with E-state index in [2.05, 4.69) is 22.2 Å². The van der Waals surface area contributed by atoms with Crippen molar-refractivity contribution in [3.05, 3.63) is 11.2 Å². The Hall–Kier alpha value is -1.01. The number of nitrogens with one attached hydrogen (secondary N) is 1. The largest absolute Gasteiger partial charge is 0.358 e. The van der Waals surface area contributed by atoms with Gasteiger partial charge in [0.05, 0.1) is 6.54 Å². The van der Waals surface area contributed by atoms with Crippen LogP contribution in [0.4, 0.5) is 5.82 Å². The highest BCUT2D eigenvalue weighted by Crippen LogP contribution is 2.20. The van der Waals surface area contributed by atoms with Crippen molar-refractivity contribution in [2.45, 2.75) is 18.5 Å². The summed E-state index contributed by atoms with van der Waals surface area (Å²) in [5.74, 6) is 0.633. The highest BCUT2D eigenvalue weighted by Gasteiger charge is 2.13. The first-order chi connectivity index (χ1) is 8.60. The number of amides is 1. The summed E-state index contributed by atoms with van der Waals surface area (Å²) in [6.07, 6.45) is 2.81. The predicted octanol–water partition coefficient (Wildman–Crippen LogP) is 1.81. The average molecular weight is 289 g/mol. The third-order valence-electron chi connectivity index (χ3n) is 2.27. The van der Waals surface area contributed by atoms with Gasteiger partial charge < -0.3 is 10.2 Å². The van der Waals surface area contributed by atoms with E-state index in [0.29, 0.717) is 16.1 Å². The van der Waals surface area contributed by atoms with Crippen molar-refractivity contribution in [2.75, 3.05) is 31.3 Å². The Morgan fingerprint density at radius 3 is 2.83 bits per heavy atom. The number of rotatable bonds is 6. The summed E-state index contributed by atoms with van der Waals surface area (Å²) < 4.78 is 0. The van der Waals surface area contributed by atoms with Crippen LogP contribution in [0.3, 0.4) is 0 Å². The summed E-state index contributed by atoms with van der Waals surface area (Å²) in [5.41, 5.74) is 0. The fraction of sp³-hybridized carbons (Fsp3) is 0.545. The Labute approximate surface area is 116 Å². The Bertz CT molecular complexity index is 416. The molecule has 1 rings (SSSR count). The molecule has 18 heavy (non-hydrogen) atoms. The van der Waals surface area contributed by atoms with Gasteiger partial charge in [-0.3, -0.25) is 4.79 Å². The van der Waals surface area contributed by atoms with E-state index in [1.807, 2.05) is 11.2 Å². The van der Waals surface area contributed by atoms with Crippen LogP contribution in [0, 0.1) is 0 Å². The van der Waals surface area contributed by atoms with Crippen LogP contribution in [0.1, 0.15) is 13.3 Å². The molecule has 0 radical (unpaired) electrons. The van der Waals surface area contributed by atoms with Crippen molar-refractivity contribution in [1.82, 2.24) is 15.3 Å². The molecule has 0 bridgehead atoms. The molecule has 0 aromatic carbocycles. The Morgan fingerprint density at radius 2 is 2.28 bits per heavy atom. The maximum Gasteiger partial charge on any atom is 0.239 e. The summed E-state index contributed by atoms with van der Waals surface area (Å²) in [6.45, 7) is 3.06. The lowest BCUT2D eigenvalue weighted by Crippen LogP contribution is -2.36. The molecular weight excluding hydrogens is 272 g/mol. The van der Waals surface area contributed by atoms with Crippen LogP contribution >= 0.6 is 23.4 Å². The van der Waals surface area contributed by atoms with Crippen LogP contribution in [0.25, 0.3) is 0 Å². The normalized spacial score (nSPS) is 10.2. The molecule has 1 N–H and O–H groups in total. The van der Waals surface area contributed by atoms with E-state index in [0.717, 1.165) is 13.0 Å². The Morgan fingerprint density at radius 1 is 1.56 bits per heavy atom. The molecule has 7 heteroatoms. The van der Waals surface area contributed by atoms with E-state index in [1.165, 1.54) is 11.8 Å². The molecule has 1 heterocycles. The smallest absolute Gasteiger partial charge is 0.239 e. The summed E-state index contributed by atoms with van der Waals surface area (Å²) >= 11 is 7.38. The van der Waals surface area contributed by atoms with Crippen LogP contribution in [0.2, 0.25) is 5.15 Å². The summed E-state index contributed by atoms with van der Waals surface area (Å²) in [5, 5.41) is 3.60. The van der Waals surface area contributed by atoms with Crippen LogP contribution < -0.4 is 10.2 Å². The first kappa shape index (κ1) is 15.0. The fourth-order valence-corrected chi connectivity index (χ4v) is 2.04. The van der Waals surface area contributed by atoms with Crippen molar-refractivity contribution in [2.24, 2.45) is 0 Å². The molecule has 0 fully saturated rings. The standard InChI is InChI=1S/C11H17ClN4OS/c1-4-5-16(7-10(17)13-2)9-6-8(12)14-11(15-9)18-3/h6H,4-5,7H2,1-3H3,(H,13,17). The third kappa shape index (κ3) is 4.34. The minimum Gasteiger partial charge on any atom is -0.358 e. The lowest BCUT2D eigenvalue weighted by Gasteiger charge is -2.22. The second-order valence-corrected chi connectivity index (χ2v) is 4.79. The number of nitrogens with zero attached hydrogens (tertiary/aromatic N) is 3. The first-order valence-corrected chi connectivity index (χ1v) is 7.25. The van der Waals surface area contributed by atoms with E-state index in [9.17, 15) is 4.79 Å². The Kier molecular flexibility index (Phi) is 6.21. The van der Waals surface area contributed by atoms with E-state index in [-0.39, 0.29) is 12.5 Å². The highest BCUT2D eigenvalue weighted by atomic mass is 35.5. The van der Waals surface area contributed by atoms with Gasteiger partial charge >= 0.3 is 0 Å². The van der Waals surface area contributed by atoms with E-state index < -0.39 is 0 Å². The van der Waals surface area contributed by atoms with Crippen LogP contribution in [0.5, 0.6) is 0 Å². The topological polar surface area (TPSA) is 58.1 Å². The lowest BCUT2D eigenvalue weighted by molar-refractivity contribution is -0.119. The number of carbonyl (C=O) groups is 1. The monoisotopic (exact) mass is 288 g/mol. The van der Waals surface area contributed by atoms with Gasteiger partial charge in [-0.1, -0.05) is 30.3 Å². The van der Waals surface area contributed by atoms with Gasteiger partial charge in [0, 0.05) is 19.7 Å². The van der Waals surface area contributed by atoms with Crippen LogP contribution in [0.15, 0.2) is 11.2 Å². The van der Waals surface area contributed by atoms with E-state index in [1.54, 1.807) is 13.1 Å². The fourth-order valence-electron chi connectivity index (χ4n) is 1.44. The molecule has 0 saturated heterocycles. The van der Waals surface area contributed by atoms with Crippen molar-refractivity contribution < 1.29 is 4.79 Å². The maximum absolute atomic E-state index is 11.5. The maximum atomic E-state index is 11.5. The number of halogens is 1. The molecule has 0 aliphatic heterocycles. The molecule has 100 valence electrons. The molecule has 0 aliphatic rings. The van der Waals surface area contributed by atoms with Gasteiger partial charge in [-0.05, 0) is 12.7 Å². The summed E-state index contributed by atoms with van der Waals surface area (Å²) in [6, 6.07) is 1.68. The van der Waals surface area contributed by atoms with Crippen LogP contribution in [-0.4, -0.2) is 42.3 Å². The molecular formula is C11H17ClN4OS. The van der Waals surface area contributed by atoms with Crippen molar-refractivity contribution in [1.29, 1.82) is 0 Å². The summed E-state index contributed by atoms with van der Waals surface area (Å²) in [7, 11) is 1.62. The van der Waals surface area contributed by atoms with Gasteiger partial charge in [0.1, 0.15) is 11.0 Å². The molecule has 5 nitrogen and oxygen atoms in total. The van der Waals surface area contributed by atoms with Gasteiger partial charge in [-0.15, -0.1) is 0 Å². The molecule has 1 aromatic heterocycles. The number of likely N-dealkylation sites (N-methyl/N-ethyl adjacent to an activating group) is 1. The number of hydrogen-bond acceptors (Lipinski definition) is 5. The van der Waals surface area contributed by atoms with E-state index >= 15 is 0 Å². The zero-order valence-electron chi connectivity index (χ0n) is 10.7. The van der Waals surface area contributed by atoms with Crippen molar-refractivity contribution in [3.63, 3.8) is 0 Å². The number of thioether (sulfide) groups is 1. The average Bonchev–Trinajstić information content (AvgIpc) is 2.37. The molecule has 1 amide bonds. The van der Waals surface area contributed by atoms with Crippen molar-refractivity contribution in [3.8, 4) is 0 Å². The highest BCUT2D eigenvalue weighted by molar-refractivity contribution is 7.98.